The third-order valence-electron chi connectivity index (χ3n) is 4.18. The Morgan fingerprint density at radius 1 is 1.26 bits per heavy atom. The number of rotatable bonds is 4. The Kier molecular flexibility index (Phi) is 4.30. The van der Waals surface area contributed by atoms with Gasteiger partial charge in [-0.2, -0.15) is 0 Å². The molecule has 1 aromatic carbocycles. The summed E-state index contributed by atoms with van der Waals surface area (Å²) in [6.45, 7) is 3.71. The van der Waals surface area contributed by atoms with Crippen molar-refractivity contribution in [2.45, 2.75) is 32.6 Å². The Morgan fingerprint density at radius 2 is 1.95 bits per heavy atom. The van der Waals surface area contributed by atoms with E-state index >= 15 is 0 Å². The molecular formula is C15H19F2NO. The number of halogens is 2. The average Bonchev–Trinajstić information content (AvgIpc) is 2.43. The zero-order valence-corrected chi connectivity index (χ0v) is 11.1. The first-order chi connectivity index (χ1) is 9.07. The smallest absolute Gasteiger partial charge is 0.159 e. The Morgan fingerprint density at radius 3 is 2.53 bits per heavy atom. The van der Waals surface area contributed by atoms with Crippen LogP contribution < -0.4 is 5.32 Å². The number of nitrogens with one attached hydrogen (secondary N) is 1. The molecule has 1 heterocycles. The lowest BCUT2D eigenvalue weighted by Crippen LogP contribution is -2.42. The van der Waals surface area contributed by atoms with Crippen molar-refractivity contribution in [2.24, 2.45) is 5.41 Å². The van der Waals surface area contributed by atoms with Gasteiger partial charge in [-0.05, 0) is 50.0 Å². The van der Waals surface area contributed by atoms with Crippen LogP contribution in [0.5, 0.6) is 0 Å². The van der Waals surface area contributed by atoms with Gasteiger partial charge in [-0.25, -0.2) is 8.78 Å². The molecule has 1 fully saturated rings. The SMILES string of the molecule is CCC1(C(=O)Cc2ccc(F)c(F)c2)CCNCC1. The first kappa shape index (κ1) is 14.1. The van der Waals surface area contributed by atoms with Crippen LogP contribution in [-0.4, -0.2) is 18.9 Å². The number of hydrogen-bond acceptors (Lipinski definition) is 2. The van der Waals surface area contributed by atoms with E-state index in [1.54, 1.807) is 0 Å². The van der Waals surface area contributed by atoms with Gasteiger partial charge in [0.1, 0.15) is 5.78 Å². The molecule has 0 radical (unpaired) electrons. The van der Waals surface area contributed by atoms with Crippen LogP contribution in [0.1, 0.15) is 31.7 Å². The van der Waals surface area contributed by atoms with Gasteiger partial charge in [-0.15, -0.1) is 0 Å². The highest BCUT2D eigenvalue weighted by Crippen LogP contribution is 2.34. The number of carbonyl (C=O) groups is 1. The van der Waals surface area contributed by atoms with E-state index in [1.807, 2.05) is 6.92 Å². The van der Waals surface area contributed by atoms with E-state index in [0.29, 0.717) is 5.56 Å². The summed E-state index contributed by atoms with van der Waals surface area (Å²) in [6, 6.07) is 3.69. The number of carbonyl (C=O) groups excluding carboxylic acids is 1. The Labute approximate surface area is 112 Å². The van der Waals surface area contributed by atoms with Crippen molar-refractivity contribution in [3.05, 3.63) is 35.4 Å². The molecule has 1 N–H and O–H groups in total. The van der Waals surface area contributed by atoms with Crippen LogP contribution in [0.25, 0.3) is 0 Å². The molecule has 2 nitrogen and oxygen atoms in total. The Hall–Kier alpha value is -1.29. The summed E-state index contributed by atoms with van der Waals surface area (Å²) in [6.07, 6.45) is 2.64. The van der Waals surface area contributed by atoms with Gasteiger partial charge in [-0.3, -0.25) is 4.79 Å². The van der Waals surface area contributed by atoms with Gasteiger partial charge in [0.15, 0.2) is 11.6 Å². The van der Waals surface area contributed by atoms with Crippen LogP contribution in [0, 0.1) is 17.0 Å². The van der Waals surface area contributed by atoms with Crippen LogP contribution >= 0.6 is 0 Å². The van der Waals surface area contributed by atoms with Gasteiger partial charge in [0.25, 0.3) is 0 Å². The number of hydrogen-bond donors (Lipinski definition) is 1. The third-order valence-corrected chi connectivity index (χ3v) is 4.18. The van der Waals surface area contributed by atoms with Gasteiger partial charge in [0, 0.05) is 11.8 Å². The monoisotopic (exact) mass is 267 g/mol. The second-order valence-corrected chi connectivity index (χ2v) is 5.23. The fraction of sp³-hybridized carbons (Fsp3) is 0.533. The van der Waals surface area contributed by atoms with E-state index in [2.05, 4.69) is 5.32 Å². The maximum absolute atomic E-state index is 13.2. The summed E-state index contributed by atoms with van der Waals surface area (Å²) >= 11 is 0. The number of ketones is 1. The minimum Gasteiger partial charge on any atom is -0.317 e. The fourth-order valence-corrected chi connectivity index (χ4v) is 2.76. The molecule has 1 saturated heterocycles. The van der Waals surface area contributed by atoms with E-state index in [9.17, 15) is 13.6 Å². The summed E-state index contributed by atoms with van der Waals surface area (Å²) in [4.78, 5) is 12.5. The summed E-state index contributed by atoms with van der Waals surface area (Å²) in [7, 11) is 0. The highest BCUT2D eigenvalue weighted by molar-refractivity contribution is 5.87. The molecule has 0 saturated carbocycles. The summed E-state index contributed by atoms with van der Waals surface area (Å²) in [5.41, 5.74) is 0.256. The molecule has 0 spiro atoms. The van der Waals surface area contributed by atoms with Crippen molar-refractivity contribution in [3.8, 4) is 0 Å². The van der Waals surface area contributed by atoms with Crippen molar-refractivity contribution in [3.63, 3.8) is 0 Å². The summed E-state index contributed by atoms with van der Waals surface area (Å²) < 4.78 is 26.0. The fourth-order valence-electron chi connectivity index (χ4n) is 2.76. The van der Waals surface area contributed by atoms with E-state index in [4.69, 9.17) is 0 Å². The number of piperidine rings is 1. The maximum Gasteiger partial charge on any atom is 0.159 e. The van der Waals surface area contributed by atoms with Gasteiger partial charge in [0.2, 0.25) is 0 Å². The summed E-state index contributed by atoms with van der Waals surface area (Å²) in [5, 5.41) is 3.25. The van der Waals surface area contributed by atoms with Crippen molar-refractivity contribution < 1.29 is 13.6 Å². The molecule has 4 heteroatoms. The minimum absolute atomic E-state index is 0.141. The van der Waals surface area contributed by atoms with Crippen LogP contribution in [-0.2, 0) is 11.2 Å². The molecule has 1 aliphatic heterocycles. The lowest BCUT2D eigenvalue weighted by Gasteiger charge is -2.35. The van der Waals surface area contributed by atoms with Crippen molar-refractivity contribution in [1.29, 1.82) is 0 Å². The zero-order valence-electron chi connectivity index (χ0n) is 11.1. The molecule has 0 unspecified atom stereocenters. The van der Waals surface area contributed by atoms with E-state index in [0.717, 1.165) is 44.5 Å². The first-order valence-corrected chi connectivity index (χ1v) is 6.75. The lowest BCUT2D eigenvalue weighted by atomic mass is 9.72. The second kappa shape index (κ2) is 5.78. The van der Waals surface area contributed by atoms with Crippen molar-refractivity contribution >= 4 is 5.78 Å². The van der Waals surface area contributed by atoms with Gasteiger partial charge in [0.05, 0.1) is 0 Å². The molecule has 0 amide bonds. The molecule has 104 valence electrons. The molecule has 2 rings (SSSR count). The van der Waals surface area contributed by atoms with Gasteiger partial charge >= 0.3 is 0 Å². The van der Waals surface area contributed by atoms with E-state index in [-0.39, 0.29) is 17.6 Å². The molecule has 1 aliphatic rings. The Bertz CT molecular complexity index is 467. The van der Waals surface area contributed by atoms with Crippen LogP contribution in [0.2, 0.25) is 0 Å². The van der Waals surface area contributed by atoms with E-state index in [1.165, 1.54) is 6.07 Å². The molecular weight excluding hydrogens is 248 g/mol. The van der Waals surface area contributed by atoms with Gasteiger partial charge in [-0.1, -0.05) is 13.0 Å². The predicted octanol–water partition coefficient (Wildman–Crippen LogP) is 2.86. The number of Topliss-reactive ketones (excluding diaryl/α,β-unsaturated/α-hetero) is 1. The summed E-state index contributed by atoms with van der Waals surface area (Å²) in [5.74, 6) is -1.62. The molecule has 19 heavy (non-hydrogen) atoms. The van der Waals surface area contributed by atoms with Crippen LogP contribution in [0.4, 0.5) is 8.78 Å². The maximum atomic E-state index is 13.2. The lowest BCUT2D eigenvalue weighted by molar-refractivity contribution is -0.129. The average molecular weight is 267 g/mol. The molecule has 0 bridgehead atoms. The van der Waals surface area contributed by atoms with Gasteiger partial charge < -0.3 is 5.32 Å². The minimum atomic E-state index is -0.888. The number of benzene rings is 1. The standard InChI is InChI=1S/C15H19F2NO/c1-2-15(5-7-18-8-6-15)14(19)10-11-3-4-12(16)13(17)9-11/h3-4,9,18H,2,5-8,10H2,1H3. The van der Waals surface area contributed by atoms with Crippen molar-refractivity contribution in [1.82, 2.24) is 5.32 Å². The molecule has 0 atom stereocenters. The normalized spacial score (nSPS) is 18.3. The first-order valence-electron chi connectivity index (χ1n) is 6.75. The van der Waals surface area contributed by atoms with Crippen molar-refractivity contribution in [2.75, 3.05) is 13.1 Å². The molecule has 1 aromatic rings. The second-order valence-electron chi connectivity index (χ2n) is 5.23. The Balaban J connectivity index is 2.12. The molecule has 0 aliphatic carbocycles. The van der Waals surface area contributed by atoms with E-state index < -0.39 is 11.6 Å². The third kappa shape index (κ3) is 3.00. The topological polar surface area (TPSA) is 29.1 Å². The molecule has 0 aromatic heterocycles. The largest absolute Gasteiger partial charge is 0.317 e. The van der Waals surface area contributed by atoms with Crippen LogP contribution in [0.3, 0.4) is 0 Å². The highest BCUT2D eigenvalue weighted by Gasteiger charge is 2.37. The zero-order chi connectivity index (χ0) is 13.9. The predicted molar refractivity (Wildman–Crippen MR) is 69.9 cm³/mol. The quantitative estimate of drug-likeness (QED) is 0.909. The van der Waals surface area contributed by atoms with Crippen LogP contribution in [0.15, 0.2) is 18.2 Å². The highest BCUT2D eigenvalue weighted by atomic mass is 19.2.